The van der Waals surface area contributed by atoms with Crippen molar-refractivity contribution in [3.8, 4) is 0 Å². The Morgan fingerprint density at radius 3 is 2.38 bits per heavy atom. The Morgan fingerprint density at radius 1 is 0.897 bits per heavy atom. The Kier molecular flexibility index (Phi) is 6.76. The average Bonchev–Trinajstić information content (AvgIpc) is 2.75. The monoisotopic (exact) mass is 388 g/mol. The summed E-state index contributed by atoms with van der Waals surface area (Å²) in [5, 5.41) is 5.83. The van der Waals surface area contributed by atoms with Crippen LogP contribution in [-0.4, -0.2) is 18.9 Å². The molecule has 0 aliphatic heterocycles. The number of anilines is 1. The molecule has 3 aromatic rings. The largest absolute Gasteiger partial charge is 0.380 e. The molecule has 0 spiro atoms. The molecule has 3 rings (SSSR count). The average molecular weight is 388 g/mol. The number of rotatable bonds is 7. The van der Waals surface area contributed by atoms with Crippen LogP contribution in [0.1, 0.15) is 44.8 Å². The van der Waals surface area contributed by atoms with E-state index in [1.807, 2.05) is 49.4 Å². The van der Waals surface area contributed by atoms with Gasteiger partial charge < -0.3 is 15.4 Å². The van der Waals surface area contributed by atoms with Gasteiger partial charge in [-0.25, -0.2) is 0 Å². The Morgan fingerprint density at radius 2 is 1.62 bits per heavy atom. The molecule has 0 saturated carbocycles. The number of carbonyl (C=O) groups is 2. The van der Waals surface area contributed by atoms with Gasteiger partial charge in [-0.15, -0.1) is 0 Å². The van der Waals surface area contributed by atoms with Crippen LogP contribution in [0, 0.1) is 0 Å². The molecule has 5 heteroatoms. The summed E-state index contributed by atoms with van der Waals surface area (Å²) in [6, 6.07) is 23.8. The third-order valence-electron chi connectivity index (χ3n) is 4.57. The van der Waals surface area contributed by atoms with Crippen LogP contribution in [0.4, 0.5) is 5.69 Å². The van der Waals surface area contributed by atoms with E-state index >= 15 is 0 Å². The summed E-state index contributed by atoms with van der Waals surface area (Å²) >= 11 is 0. The molecule has 0 aliphatic rings. The molecule has 3 aromatic carbocycles. The molecule has 0 saturated heterocycles. The predicted molar refractivity (Wildman–Crippen MR) is 114 cm³/mol. The minimum absolute atomic E-state index is 0.154. The highest BCUT2D eigenvalue weighted by molar-refractivity contribution is 6.09. The van der Waals surface area contributed by atoms with E-state index in [4.69, 9.17) is 4.74 Å². The summed E-state index contributed by atoms with van der Waals surface area (Å²) in [6.07, 6.45) is 0. The van der Waals surface area contributed by atoms with Crippen LogP contribution in [-0.2, 0) is 11.3 Å². The van der Waals surface area contributed by atoms with Gasteiger partial charge in [0.2, 0.25) is 0 Å². The minimum atomic E-state index is -0.278. The molecule has 1 atom stereocenters. The maximum absolute atomic E-state index is 12.8. The lowest BCUT2D eigenvalue weighted by atomic mass is 10.1. The molecular weight excluding hydrogens is 364 g/mol. The molecule has 2 N–H and O–H groups in total. The van der Waals surface area contributed by atoms with E-state index in [9.17, 15) is 9.59 Å². The van der Waals surface area contributed by atoms with E-state index in [0.717, 1.165) is 11.1 Å². The Hall–Kier alpha value is -3.44. The van der Waals surface area contributed by atoms with Crippen LogP contribution in [0.15, 0.2) is 78.9 Å². The maximum atomic E-state index is 12.8. The summed E-state index contributed by atoms with van der Waals surface area (Å²) in [5.74, 6) is -0.523. The van der Waals surface area contributed by atoms with E-state index in [2.05, 4.69) is 10.6 Å². The van der Waals surface area contributed by atoms with Crippen molar-refractivity contribution >= 4 is 17.5 Å². The normalized spacial score (nSPS) is 11.5. The number of ether oxygens (including phenoxy) is 1. The first-order chi connectivity index (χ1) is 14.1. The highest BCUT2D eigenvalue weighted by Gasteiger charge is 2.16. The first kappa shape index (κ1) is 20.3. The second kappa shape index (κ2) is 9.66. The molecule has 0 fully saturated rings. The van der Waals surface area contributed by atoms with Crippen molar-refractivity contribution in [1.29, 1.82) is 0 Å². The van der Waals surface area contributed by atoms with Crippen LogP contribution >= 0.6 is 0 Å². The lowest BCUT2D eigenvalue weighted by molar-refractivity contribution is 0.0941. The van der Waals surface area contributed by atoms with Crippen molar-refractivity contribution in [3.63, 3.8) is 0 Å². The third kappa shape index (κ3) is 5.30. The van der Waals surface area contributed by atoms with E-state index in [1.165, 1.54) is 0 Å². The van der Waals surface area contributed by atoms with Gasteiger partial charge in [0, 0.05) is 12.7 Å². The Bertz CT molecular complexity index is 986. The molecule has 0 bridgehead atoms. The van der Waals surface area contributed by atoms with Crippen molar-refractivity contribution in [2.75, 3.05) is 12.4 Å². The number of para-hydroxylation sites is 1. The fourth-order valence-corrected chi connectivity index (χ4v) is 3.05. The van der Waals surface area contributed by atoms with Crippen LogP contribution in [0.3, 0.4) is 0 Å². The molecular formula is C24H24N2O3. The number of methoxy groups -OCH3 is 1. The van der Waals surface area contributed by atoms with Crippen molar-refractivity contribution < 1.29 is 14.3 Å². The van der Waals surface area contributed by atoms with Crippen LogP contribution < -0.4 is 10.6 Å². The van der Waals surface area contributed by atoms with Gasteiger partial charge in [0.15, 0.2) is 0 Å². The fraction of sp³-hybridized carbons (Fsp3) is 0.167. The first-order valence-electron chi connectivity index (χ1n) is 9.42. The van der Waals surface area contributed by atoms with Crippen molar-refractivity contribution in [2.24, 2.45) is 0 Å². The van der Waals surface area contributed by atoms with Gasteiger partial charge in [-0.05, 0) is 42.3 Å². The summed E-state index contributed by atoms with van der Waals surface area (Å²) < 4.78 is 5.12. The lowest BCUT2D eigenvalue weighted by Crippen LogP contribution is -2.28. The van der Waals surface area contributed by atoms with Crippen molar-refractivity contribution in [2.45, 2.75) is 19.6 Å². The van der Waals surface area contributed by atoms with E-state index in [-0.39, 0.29) is 17.9 Å². The standard InChI is InChI=1S/C24H24N2O3/c1-17(19-10-4-3-5-11-19)25-24(28)21-13-6-7-14-22(21)26-23(27)20-12-8-9-18(15-20)16-29-2/h3-15,17H,16H2,1-2H3,(H,25,28)(H,26,27)/t17-/m1/s1. The summed E-state index contributed by atoms with van der Waals surface area (Å²) in [7, 11) is 1.61. The molecule has 2 amide bonds. The SMILES string of the molecule is COCc1cccc(C(=O)Nc2ccccc2C(=O)N[C@H](C)c2ccccc2)c1. The third-order valence-corrected chi connectivity index (χ3v) is 4.57. The van der Waals surface area contributed by atoms with Gasteiger partial charge in [-0.2, -0.15) is 0 Å². The lowest BCUT2D eigenvalue weighted by Gasteiger charge is -2.16. The molecule has 0 heterocycles. The fourth-order valence-electron chi connectivity index (χ4n) is 3.05. The molecule has 0 aliphatic carbocycles. The zero-order valence-corrected chi connectivity index (χ0v) is 16.5. The quantitative estimate of drug-likeness (QED) is 0.623. The number of nitrogens with one attached hydrogen (secondary N) is 2. The van der Waals surface area contributed by atoms with Crippen molar-refractivity contribution in [1.82, 2.24) is 5.32 Å². The molecule has 0 unspecified atom stereocenters. The first-order valence-corrected chi connectivity index (χ1v) is 9.42. The van der Waals surface area contributed by atoms with Crippen LogP contribution in [0.5, 0.6) is 0 Å². The summed E-state index contributed by atoms with van der Waals surface area (Å²) in [5.41, 5.74) is 3.30. The zero-order chi connectivity index (χ0) is 20.6. The van der Waals surface area contributed by atoms with Gasteiger partial charge >= 0.3 is 0 Å². The number of amides is 2. The Labute approximate surface area is 170 Å². The predicted octanol–water partition coefficient (Wildman–Crippen LogP) is 4.58. The van der Waals surface area contributed by atoms with Gasteiger partial charge in [-0.1, -0.05) is 54.6 Å². The van der Waals surface area contributed by atoms with Gasteiger partial charge in [0.05, 0.1) is 23.9 Å². The number of hydrogen-bond donors (Lipinski definition) is 2. The van der Waals surface area contributed by atoms with Crippen molar-refractivity contribution in [3.05, 3.63) is 101 Å². The summed E-state index contributed by atoms with van der Waals surface area (Å²) in [4.78, 5) is 25.5. The highest BCUT2D eigenvalue weighted by Crippen LogP contribution is 2.19. The summed E-state index contributed by atoms with van der Waals surface area (Å²) in [6.45, 7) is 2.35. The van der Waals surface area contributed by atoms with Gasteiger partial charge in [0.1, 0.15) is 0 Å². The molecule has 0 aromatic heterocycles. The van der Waals surface area contributed by atoms with E-state index < -0.39 is 0 Å². The van der Waals surface area contributed by atoms with E-state index in [0.29, 0.717) is 23.4 Å². The van der Waals surface area contributed by atoms with Gasteiger partial charge in [-0.3, -0.25) is 9.59 Å². The van der Waals surface area contributed by atoms with E-state index in [1.54, 1.807) is 43.5 Å². The maximum Gasteiger partial charge on any atom is 0.255 e. The topological polar surface area (TPSA) is 67.4 Å². The molecule has 148 valence electrons. The number of benzene rings is 3. The minimum Gasteiger partial charge on any atom is -0.380 e. The Balaban J connectivity index is 1.75. The second-order valence-electron chi connectivity index (χ2n) is 6.74. The zero-order valence-electron chi connectivity index (χ0n) is 16.5. The highest BCUT2D eigenvalue weighted by atomic mass is 16.5. The van der Waals surface area contributed by atoms with Crippen LogP contribution in [0.2, 0.25) is 0 Å². The molecule has 0 radical (unpaired) electrons. The smallest absolute Gasteiger partial charge is 0.255 e. The van der Waals surface area contributed by atoms with Crippen LogP contribution in [0.25, 0.3) is 0 Å². The van der Waals surface area contributed by atoms with Gasteiger partial charge in [0.25, 0.3) is 11.8 Å². The second-order valence-corrected chi connectivity index (χ2v) is 6.74. The number of carbonyl (C=O) groups excluding carboxylic acids is 2. The number of hydrogen-bond acceptors (Lipinski definition) is 3. The molecule has 5 nitrogen and oxygen atoms in total. The molecule has 29 heavy (non-hydrogen) atoms.